The smallest absolute Gasteiger partial charge is 0.0962 e. The van der Waals surface area contributed by atoms with Crippen LogP contribution in [-0.2, 0) is 0 Å². The Hall–Kier alpha value is -1.69. The number of hydrogen-bond donors (Lipinski definition) is 1. The molecule has 2 aromatic rings. The maximum Gasteiger partial charge on any atom is 0.0962 e. The molecule has 0 bridgehead atoms. The summed E-state index contributed by atoms with van der Waals surface area (Å²) in [5.41, 5.74) is 8.19. The van der Waals surface area contributed by atoms with Gasteiger partial charge in [0, 0.05) is 10.7 Å². The van der Waals surface area contributed by atoms with Crippen LogP contribution in [0.2, 0.25) is 5.02 Å². The summed E-state index contributed by atoms with van der Waals surface area (Å²) in [4.78, 5) is 0. The van der Waals surface area contributed by atoms with Crippen LogP contribution in [0, 0.1) is 11.3 Å². The summed E-state index contributed by atoms with van der Waals surface area (Å²) >= 11 is 5.83. The van der Waals surface area contributed by atoms with Crippen LogP contribution in [-0.4, -0.2) is 0 Å². The van der Waals surface area contributed by atoms with Gasteiger partial charge in [-0.2, -0.15) is 5.26 Å². The average molecular weight is 279 g/mol. The summed E-state index contributed by atoms with van der Waals surface area (Å²) in [6.45, 7) is 0. The van der Waals surface area contributed by atoms with Gasteiger partial charge in [-0.25, -0.2) is 0 Å². The monoisotopic (exact) mass is 278 g/mol. The summed E-state index contributed by atoms with van der Waals surface area (Å²) in [5.74, 6) is -0.284. The van der Waals surface area contributed by atoms with Crippen molar-refractivity contribution in [1.82, 2.24) is 0 Å². The van der Waals surface area contributed by atoms with Crippen LogP contribution in [0.4, 0.5) is 5.69 Å². The molecule has 0 aliphatic carbocycles. The van der Waals surface area contributed by atoms with Crippen molar-refractivity contribution in [2.45, 2.75) is 5.92 Å². The molecular formula is C14H12Cl2N2. The first kappa shape index (κ1) is 14.4. The van der Waals surface area contributed by atoms with E-state index in [0.29, 0.717) is 10.7 Å². The zero-order chi connectivity index (χ0) is 12.3. The lowest BCUT2D eigenvalue weighted by molar-refractivity contribution is 1.04. The third kappa shape index (κ3) is 3.16. The topological polar surface area (TPSA) is 49.8 Å². The van der Waals surface area contributed by atoms with Crippen molar-refractivity contribution in [2.24, 2.45) is 0 Å². The lowest BCUT2D eigenvalue weighted by atomic mass is 9.93. The van der Waals surface area contributed by atoms with Crippen molar-refractivity contribution in [3.05, 3.63) is 64.7 Å². The summed E-state index contributed by atoms with van der Waals surface area (Å²) in [5, 5.41) is 9.93. The zero-order valence-corrected chi connectivity index (χ0v) is 11.1. The number of halogens is 2. The maximum absolute atomic E-state index is 9.26. The highest BCUT2D eigenvalue weighted by atomic mass is 35.5. The van der Waals surface area contributed by atoms with E-state index in [1.165, 1.54) is 0 Å². The molecule has 2 aromatic carbocycles. The van der Waals surface area contributed by atoms with Crippen molar-refractivity contribution in [3.8, 4) is 6.07 Å². The van der Waals surface area contributed by atoms with Gasteiger partial charge in [-0.05, 0) is 35.4 Å². The molecule has 18 heavy (non-hydrogen) atoms. The molecule has 0 aliphatic heterocycles. The molecule has 0 aromatic heterocycles. The van der Waals surface area contributed by atoms with E-state index in [1.54, 1.807) is 24.3 Å². The Kier molecular flexibility index (Phi) is 5.03. The van der Waals surface area contributed by atoms with E-state index in [2.05, 4.69) is 6.07 Å². The summed E-state index contributed by atoms with van der Waals surface area (Å²) in [7, 11) is 0. The van der Waals surface area contributed by atoms with Crippen molar-refractivity contribution in [1.29, 1.82) is 5.26 Å². The van der Waals surface area contributed by atoms with Gasteiger partial charge in [0.1, 0.15) is 0 Å². The lowest BCUT2D eigenvalue weighted by Gasteiger charge is -2.10. The minimum absolute atomic E-state index is 0. The maximum atomic E-state index is 9.26. The molecule has 0 radical (unpaired) electrons. The van der Waals surface area contributed by atoms with Gasteiger partial charge in [-0.3, -0.25) is 0 Å². The van der Waals surface area contributed by atoms with Gasteiger partial charge in [0.25, 0.3) is 0 Å². The Labute approximate surface area is 117 Å². The molecule has 92 valence electrons. The van der Waals surface area contributed by atoms with E-state index < -0.39 is 0 Å². The molecule has 0 heterocycles. The average Bonchev–Trinajstić information content (AvgIpc) is 2.35. The van der Waals surface area contributed by atoms with Gasteiger partial charge < -0.3 is 5.73 Å². The van der Waals surface area contributed by atoms with E-state index in [0.717, 1.165) is 11.1 Å². The van der Waals surface area contributed by atoms with Gasteiger partial charge >= 0.3 is 0 Å². The van der Waals surface area contributed by atoms with Gasteiger partial charge in [0.05, 0.1) is 12.0 Å². The Morgan fingerprint density at radius 1 is 0.944 bits per heavy atom. The first-order chi connectivity index (χ1) is 8.20. The minimum Gasteiger partial charge on any atom is -0.399 e. The molecule has 2 nitrogen and oxygen atoms in total. The van der Waals surface area contributed by atoms with E-state index in [4.69, 9.17) is 17.3 Å². The molecule has 0 saturated heterocycles. The highest BCUT2D eigenvalue weighted by Gasteiger charge is 2.12. The molecule has 4 heteroatoms. The normalized spacial score (nSPS) is 11.1. The van der Waals surface area contributed by atoms with Crippen LogP contribution in [0.5, 0.6) is 0 Å². The number of anilines is 1. The summed E-state index contributed by atoms with van der Waals surface area (Å²) in [6.07, 6.45) is 0. The molecule has 0 spiro atoms. The highest BCUT2D eigenvalue weighted by Crippen LogP contribution is 2.25. The fourth-order valence-corrected chi connectivity index (χ4v) is 1.81. The minimum atomic E-state index is -0.284. The van der Waals surface area contributed by atoms with Crippen LogP contribution in [0.15, 0.2) is 48.5 Å². The largest absolute Gasteiger partial charge is 0.399 e. The second kappa shape index (κ2) is 6.30. The standard InChI is InChI=1S/C14H11ClN2.ClH/c15-12-5-1-10(2-6-12)14(9-16)11-3-7-13(17)8-4-11;/h1-8,14H,17H2;1H. The molecule has 1 atom stereocenters. The zero-order valence-electron chi connectivity index (χ0n) is 9.51. The molecule has 0 saturated carbocycles. The van der Waals surface area contributed by atoms with Crippen molar-refractivity contribution in [2.75, 3.05) is 5.73 Å². The van der Waals surface area contributed by atoms with Gasteiger partial charge in [0.15, 0.2) is 0 Å². The first-order valence-electron chi connectivity index (χ1n) is 5.21. The SMILES string of the molecule is Cl.N#CC(c1ccc(N)cc1)c1ccc(Cl)cc1. The number of nitriles is 1. The Morgan fingerprint density at radius 3 is 1.83 bits per heavy atom. The summed E-state index contributed by atoms with van der Waals surface area (Å²) in [6, 6.07) is 17.0. The van der Waals surface area contributed by atoms with Crippen molar-refractivity contribution < 1.29 is 0 Å². The number of nitrogens with zero attached hydrogens (tertiary/aromatic N) is 1. The number of hydrogen-bond acceptors (Lipinski definition) is 2. The van der Waals surface area contributed by atoms with E-state index in [1.807, 2.05) is 24.3 Å². The third-order valence-corrected chi connectivity index (χ3v) is 2.85. The van der Waals surface area contributed by atoms with Gasteiger partial charge in [0.2, 0.25) is 0 Å². The Balaban J connectivity index is 0.00000162. The molecule has 0 aliphatic rings. The molecular weight excluding hydrogens is 267 g/mol. The Morgan fingerprint density at radius 2 is 1.39 bits per heavy atom. The second-order valence-corrected chi connectivity index (χ2v) is 4.22. The van der Waals surface area contributed by atoms with Gasteiger partial charge in [-0.15, -0.1) is 12.4 Å². The predicted octanol–water partition coefficient (Wildman–Crippen LogP) is 4.00. The van der Waals surface area contributed by atoms with Crippen LogP contribution in [0.1, 0.15) is 17.0 Å². The quantitative estimate of drug-likeness (QED) is 0.845. The fourth-order valence-electron chi connectivity index (χ4n) is 1.69. The highest BCUT2D eigenvalue weighted by molar-refractivity contribution is 6.30. The number of rotatable bonds is 2. The number of nitrogens with two attached hydrogens (primary N) is 1. The number of benzene rings is 2. The number of nitrogen functional groups attached to an aromatic ring is 1. The molecule has 0 amide bonds. The predicted molar refractivity (Wildman–Crippen MR) is 77.0 cm³/mol. The molecule has 2 rings (SSSR count). The van der Waals surface area contributed by atoms with Crippen molar-refractivity contribution in [3.63, 3.8) is 0 Å². The van der Waals surface area contributed by atoms with Crippen LogP contribution in [0.25, 0.3) is 0 Å². The molecule has 0 fully saturated rings. The third-order valence-electron chi connectivity index (χ3n) is 2.60. The first-order valence-corrected chi connectivity index (χ1v) is 5.59. The van der Waals surface area contributed by atoms with Crippen LogP contribution >= 0.6 is 24.0 Å². The summed E-state index contributed by atoms with van der Waals surface area (Å²) < 4.78 is 0. The van der Waals surface area contributed by atoms with E-state index in [9.17, 15) is 5.26 Å². The van der Waals surface area contributed by atoms with Crippen LogP contribution in [0.3, 0.4) is 0 Å². The van der Waals surface area contributed by atoms with Gasteiger partial charge in [-0.1, -0.05) is 35.9 Å². The van der Waals surface area contributed by atoms with Crippen molar-refractivity contribution >= 4 is 29.7 Å². The second-order valence-electron chi connectivity index (χ2n) is 3.78. The molecule has 1 unspecified atom stereocenters. The lowest BCUT2D eigenvalue weighted by Crippen LogP contribution is -1.98. The van der Waals surface area contributed by atoms with E-state index >= 15 is 0 Å². The molecule has 2 N–H and O–H groups in total. The van der Waals surface area contributed by atoms with E-state index in [-0.39, 0.29) is 18.3 Å². The fraction of sp³-hybridized carbons (Fsp3) is 0.0714. The van der Waals surface area contributed by atoms with Crippen LogP contribution < -0.4 is 5.73 Å². The Bertz CT molecular complexity index is 496.